The molecule has 0 saturated carbocycles. The second kappa shape index (κ2) is 4.96. The monoisotopic (exact) mass is 268 g/mol. The van der Waals surface area contributed by atoms with Gasteiger partial charge in [-0.25, -0.2) is 9.78 Å². The Morgan fingerprint density at radius 1 is 1.25 bits per heavy atom. The van der Waals surface area contributed by atoms with Crippen molar-refractivity contribution in [2.24, 2.45) is 0 Å². The number of benzene rings is 1. The Labute approximate surface area is 114 Å². The van der Waals surface area contributed by atoms with Gasteiger partial charge in [-0.3, -0.25) is 10.1 Å². The van der Waals surface area contributed by atoms with Crippen LogP contribution < -0.4 is 5.32 Å². The SMILES string of the molecule is Cc1ccnn1-c1ccc(C(=O)Nc2ncn[nH]2)cc1. The largest absolute Gasteiger partial charge is 0.291 e. The topological polar surface area (TPSA) is 88.5 Å². The zero-order valence-corrected chi connectivity index (χ0v) is 10.7. The van der Waals surface area contributed by atoms with E-state index in [9.17, 15) is 4.79 Å². The first-order chi connectivity index (χ1) is 9.74. The summed E-state index contributed by atoms with van der Waals surface area (Å²) in [6.45, 7) is 1.97. The molecule has 3 aromatic rings. The molecule has 7 heteroatoms. The fraction of sp³-hybridized carbons (Fsp3) is 0.0769. The summed E-state index contributed by atoms with van der Waals surface area (Å²) in [6.07, 6.45) is 3.07. The molecule has 20 heavy (non-hydrogen) atoms. The Morgan fingerprint density at radius 3 is 2.65 bits per heavy atom. The van der Waals surface area contributed by atoms with Crippen LogP contribution in [0.25, 0.3) is 5.69 Å². The van der Waals surface area contributed by atoms with Gasteiger partial charge in [-0.15, -0.1) is 0 Å². The highest BCUT2D eigenvalue weighted by Gasteiger charge is 2.08. The summed E-state index contributed by atoms with van der Waals surface area (Å²) in [5.41, 5.74) is 2.47. The summed E-state index contributed by atoms with van der Waals surface area (Å²) in [6, 6.07) is 9.08. The number of hydrogen-bond acceptors (Lipinski definition) is 4. The van der Waals surface area contributed by atoms with E-state index in [1.54, 1.807) is 23.0 Å². The molecule has 7 nitrogen and oxygen atoms in total. The highest BCUT2D eigenvalue weighted by atomic mass is 16.1. The van der Waals surface area contributed by atoms with Gasteiger partial charge in [0.1, 0.15) is 6.33 Å². The van der Waals surface area contributed by atoms with Gasteiger partial charge in [0.05, 0.1) is 5.69 Å². The van der Waals surface area contributed by atoms with Crippen LogP contribution in [0.1, 0.15) is 16.1 Å². The number of H-pyrrole nitrogens is 1. The average Bonchev–Trinajstić information content (AvgIpc) is 3.10. The van der Waals surface area contributed by atoms with E-state index in [0.29, 0.717) is 11.5 Å². The first-order valence-corrected chi connectivity index (χ1v) is 6.02. The molecule has 1 amide bonds. The molecule has 0 bridgehead atoms. The number of carbonyl (C=O) groups is 1. The molecule has 1 aromatic carbocycles. The highest BCUT2D eigenvalue weighted by molar-refractivity contribution is 6.03. The van der Waals surface area contributed by atoms with E-state index in [1.807, 2.05) is 25.1 Å². The summed E-state index contributed by atoms with van der Waals surface area (Å²) in [4.78, 5) is 15.8. The minimum absolute atomic E-state index is 0.245. The van der Waals surface area contributed by atoms with Gasteiger partial charge in [0.15, 0.2) is 0 Å². The molecule has 0 fully saturated rings. The third-order valence-electron chi connectivity index (χ3n) is 2.85. The Hall–Kier alpha value is -2.96. The van der Waals surface area contributed by atoms with Crippen molar-refractivity contribution in [3.8, 4) is 5.69 Å². The van der Waals surface area contributed by atoms with Crippen LogP contribution in [0.5, 0.6) is 0 Å². The number of anilines is 1. The molecular formula is C13H12N6O. The maximum atomic E-state index is 12.0. The standard InChI is InChI=1S/C13H12N6O/c1-9-6-7-16-19(9)11-4-2-10(3-5-11)12(20)17-13-14-8-15-18-13/h2-8H,1H3,(H2,14,15,17,18,20). The van der Waals surface area contributed by atoms with Gasteiger partial charge >= 0.3 is 0 Å². The highest BCUT2D eigenvalue weighted by Crippen LogP contribution is 2.12. The quantitative estimate of drug-likeness (QED) is 0.754. The summed E-state index contributed by atoms with van der Waals surface area (Å²) < 4.78 is 1.80. The fourth-order valence-electron chi connectivity index (χ4n) is 1.84. The van der Waals surface area contributed by atoms with Crippen molar-refractivity contribution < 1.29 is 4.79 Å². The fourth-order valence-corrected chi connectivity index (χ4v) is 1.84. The van der Waals surface area contributed by atoms with E-state index >= 15 is 0 Å². The lowest BCUT2D eigenvalue weighted by atomic mass is 10.2. The first kappa shape index (κ1) is 12.1. The van der Waals surface area contributed by atoms with E-state index in [0.717, 1.165) is 11.4 Å². The molecular weight excluding hydrogens is 256 g/mol. The van der Waals surface area contributed by atoms with Gasteiger partial charge in [0.2, 0.25) is 5.95 Å². The molecule has 0 atom stereocenters. The van der Waals surface area contributed by atoms with E-state index < -0.39 is 0 Å². The molecule has 0 unspecified atom stereocenters. The van der Waals surface area contributed by atoms with Crippen LogP contribution in [-0.4, -0.2) is 30.9 Å². The van der Waals surface area contributed by atoms with Crippen molar-refractivity contribution in [2.75, 3.05) is 5.32 Å². The maximum Gasteiger partial charge on any atom is 0.258 e. The van der Waals surface area contributed by atoms with Crippen LogP contribution in [0.15, 0.2) is 42.9 Å². The number of amides is 1. The lowest BCUT2D eigenvalue weighted by Crippen LogP contribution is -2.13. The zero-order chi connectivity index (χ0) is 13.9. The van der Waals surface area contributed by atoms with E-state index in [2.05, 4.69) is 25.6 Å². The van der Waals surface area contributed by atoms with Crippen LogP contribution in [-0.2, 0) is 0 Å². The van der Waals surface area contributed by atoms with Crippen molar-refractivity contribution in [1.29, 1.82) is 0 Å². The average molecular weight is 268 g/mol. The van der Waals surface area contributed by atoms with Gasteiger partial charge in [-0.1, -0.05) is 0 Å². The molecule has 3 rings (SSSR count). The van der Waals surface area contributed by atoms with Crippen molar-refractivity contribution in [3.63, 3.8) is 0 Å². The first-order valence-electron chi connectivity index (χ1n) is 6.02. The van der Waals surface area contributed by atoms with E-state index in [1.165, 1.54) is 6.33 Å². The van der Waals surface area contributed by atoms with Crippen molar-refractivity contribution in [3.05, 3.63) is 54.1 Å². The van der Waals surface area contributed by atoms with Gasteiger partial charge in [-0.05, 0) is 37.3 Å². The predicted molar refractivity (Wildman–Crippen MR) is 72.6 cm³/mol. The molecule has 0 aliphatic rings. The van der Waals surface area contributed by atoms with Crippen LogP contribution >= 0.6 is 0 Å². The van der Waals surface area contributed by atoms with Crippen LogP contribution in [0, 0.1) is 6.92 Å². The van der Waals surface area contributed by atoms with Crippen LogP contribution in [0.2, 0.25) is 0 Å². The Kier molecular flexibility index (Phi) is 3.00. The Morgan fingerprint density at radius 2 is 2.05 bits per heavy atom. The number of aromatic amines is 1. The molecule has 2 aromatic heterocycles. The van der Waals surface area contributed by atoms with Gasteiger partial charge in [0.25, 0.3) is 5.91 Å². The predicted octanol–water partition coefficient (Wildman–Crippen LogP) is 1.55. The van der Waals surface area contributed by atoms with Gasteiger partial charge < -0.3 is 0 Å². The number of nitrogens with zero attached hydrogens (tertiary/aromatic N) is 4. The number of rotatable bonds is 3. The van der Waals surface area contributed by atoms with Crippen LogP contribution in [0.4, 0.5) is 5.95 Å². The summed E-state index contributed by atoms with van der Waals surface area (Å²) in [5.74, 6) is 0.0764. The lowest BCUT2D eigenvalue weighted by Gasteiger charge is -2.06. The molecule has 2 N–H and O–H groups in total. The zero-order valence-electron chi connectivity index (χ0n) is 10.7. The van der Waals surface area contributed by atoms with E-state index in [4.69, 9.17) is 0 Å². The van der Waals surface area contributed by atoms with Crippen molar-refractivity contribution >= 4 is 11.9 Å². The van der Waals surface area contributed by atoms with Crippen LogP contribution in [0.3, 0.4) is 0 Å². The summed E-state index contributed by atoms with van der Waals surface area (Å²) in [5, 5.41) is 13.1. The Balaban J connectivity index is 1.79. The minimum Gasteiger partial charge on any atom is -0.291 e. The summed E-state index contributed by atoms with van der Waals surface area (Å²) in [7, 11) is 0. The number of aromatic nitrogens is 5. The van der Waals surface area contributed by atoms with Gasteiger partial charge in [0, 0.05) is 17.5 Å². The molecule has 100 valence electrons. The molecule has 0 aliphatic carbocycles. The van der Waals surface area contributed by atoms with Crippen molar-refractivity contribution in [1.82, 2.24) is 25.0 Å². The maximum absolute atomic E-state index is 12.0. The minimum atomic E-state index is -0.245. The molecule has 0 aliphatic heterocycles. The third kappa shape index (κ3) is 2.28. The number of hydrogen-bond donors (Lipinski definition) is 2. The molecule has 0 radical (unpaired) electrons. The molecule has 0 saturated heterocycles. The second-order valence-corrected chi connectivity index (χ2v) is 4.22. The van der Waals surface area contributed by atoms with Crippen molar-refractivity contribution in [2.45, 2.75) is 6.92 Å². The Bertz CT molecular complexity index is 714. The summed E-state index contributed by atoms with van der Waals surface area (Å²) >= 11 is 0. The second-order valence-electron chi connectivity index (χ2n) is 4.22. The van der Waals surface area contributed by atoms with Gasteiger partial charge in [-0.2, -0.15) is 15.2 Å². The smallest absolute Gasteiger partial charge is 0.258 e. The lowest BCUT2D eigenvalue weighted by molar-refractivity contribution is 0.102. The van der Waals surface area contributed by atoms with E-state index in [-0.39, 0.29) is 5.91 Å². The number of aryl methyl sites for hydroxylation is 1. The molecule has 0 spiro atoms. The third-order valence-corrected chi connectivity index (χ3v) is 2.85. The number of nitrogens with one attached hydrogen (secondary N) is 2. The number of carbonyl (C=O) groups excluding carboxylic acids is 1. The molecule has 2 heterocycles. The normalized spacial score (nSPS) is 10.4.